The van der Waals surface area contributed by atoms with E-state index in [1.807, 2.05) is 20.8 Å². The van der Waals surface area contributed by atoms with Crippen molar-refractivity contribution in [3.05, 3.63) is 0 Å². The van der Waals surface area contributed by atoms with E-state index in [2.05, 4.69) is 5.32 Å². The summed E-state index contributed by atoms with van der Waals surface area (Å²) in [6, 6.07) is -0.220. The van der Waals surface area contributed by atoms with E-state index in [0.717, 1.165) is 0 Å². The molecule has 104 valence electrons. The van der Waals surface area contributed by atoms with Gasteiger partial charge in [-0.3, -0.25) is 10.7 Å². The average molecular weight is 257 g/mol. The lowest BCUT2D eigenvalue weighted by Gasteiger charge is -2.36. The molecule has 0 spiro atoms. The van der Waals surface area contributed by atoms with E-state index in [1.165, 1.54) is 0 Å². The Kier molecular flexibility index (Phi) is 4.70. The number of ether oxygens (including phenoxy) is 2. The Balaban J connectivity index is 2.91. The van der Waals surface area contributed by atoms with Gasteiger partial charge >= 0.3 is 6.03 Å². The van der Waals surface area contributed by atoms with E-state index in [1.54, 1.807) is 19.1 Å². The molecule has 18 heavy (non-hydrogen) atoms. The molecule has 1 rings (SSSR count). The van der Waals surface area contributed by atoms with E-state index in [0.29, 0.717) is 18.9 Å². The standard InChI is InChI=1S/C12H23N3O3/c1-8(2)7-15-11(16)14-10(13)12(15,3)6-9(17-4)18-5/h8-9H,6-7H2,1-5H3,(H2,13,14,16). The smallest absolute Gasteiger partial charge is 0.323 e. The first-order valence-corrected chi connectivity index (χ1v) is 6.08. The molecule has 1 saturated heterocycles. The maximum atomic E-state index is 11.9. The third kappa shape index (κ3) is 2.81. The minimum atomic E-state index is -0.696. The van der Waals surface area contributed by atoms with Crippen LogP contribution in [0, 0.1) is 11.3 Å². The van der Waals surface area contributed by atoms with E-state index in [-0.39, 0.29) is 11.9 Å². The fourth-order valence-electron chi connectivity index (χ4n) is 2.12. The molecule has 1 unspecified atom stereocenters. The number of methoxy groups -OCH3 is 2. The zero-order valence-electron chi connectivity index (χ0n) is 11.7. The van der Waals surface area contributed by atoms with Gasteiger partial charge in [0.25, 0.3) is 0 Å². The van der Waals surface area contributed by atoms with E-state index >= 15 is 0 Å². The van der Waals surface area contributed by atoms with E-state index in [4.69, 9.17) is 14.9 Å². The zero-order valence-corrected chi connectivity index (χ0v) is 11.7. The molecule has 0 aliphatic carbocycles. The summed E-state index contributed by atoms with van der Waals surface area (Å²) in [7, 11) is 3.11. The minimum Gasteiger partial charge on any atom is -0.356 e. The van der Waals surface area contributed by atoms with Crippen molar-refractivity contribution in [3.63, 3.8) is 0 Å². The van der Waals surface area contributed by atoms with Crippen LogP contribution in [0.2, 0.25) is 0 Å². The molecule has 2 amide bonds. The van der Waals surface area contributed by atoms with Crippen LogP contribution in [0.15, 0.2) is 0 Å². The SMILES string of the molecule is COC(CC1(C)C(=N)NC(=O)N1CC(C)C)OC. The topological polar surface area (TPSA) is 74.7 Å². The lowest BCUT2D eigenvalue weighted by atomic mass is 9.94. The van der Waals surface area contributed by atoms with Crippen molar-refractivity contribution in [3.8, 4) is 0 Å². The largest absolute Gasteiger partial charge is 0.356 e. The second-order valence-electron chi connectivity index (χ2n) is 5.19. The molecule has 0 radical (unpaired) electrons. The number of nitrogens with zero attached hydrogens (tertiary/aromatic N) is 1. The Morgan fingerprint density at radius 3 is 2.39 bits per heavy atom. The number of amides is 2. The molecule has 1 atom stereocenters. The maximum Gasteiger partial charge on any atom is 0.323 e. The van der Waals surface area contributed by atoms with Crippen LogP contribution in [0.25, 0.3) is 0 Å². The van der Waals surface area contributed by atoms with Gasteiger partial charge in [-0.15, -0.1) is 0 Å². The van der Waals surface area contributed by atoms with Gasteiger partial charge < -0.3 is 14.4 Å². The van der Waals surface area contributed by atoms with Crippen LogP contribution in [0.5, 0.6) is 0 Å². The van der Waals surface area contributed by atoms with Crippen molar-refractivity contribution in [1.82, 2.24) is 10.2 Å². The number of hydrogen-bond acceptors (Lipinski definition) is 4. The Hall–Kier alpha value is -1.14. The van der Waals surface area contributed by atoms with Gasteiger partial charge in [0.05, 0.1) is 0 Å². The highest BCUT2D eigenvalue weighted by Gasteiger charge is 2.47. The van der Waals surface area contributed by atoms with Crippen molar-refractivity contribution in [2.75, 3.05) is 20.8 Å². The normalized spacial score (nSPS) is 24.3. The van der Waals surface area contributed by atoms with Crippen LogP contribution in [0.1, 0.15) is 27.2 Å². The average Bonchev–Trinajstić information content (AvgIpc) is 2.50. The maximum absolute atomic E-state index is 11.9. The number of rotatable bonds is 6. The molecule has 1 aliphatic heterocycles. The molecule has 1 fully saturated rings. The lowest BCUT2D eigenvalue weighted by Crippen LogP contribution is -2.50. The third-order valence-corrected chi connectivity index (χ3v) is 3.25. The summed E-state index contributed by atoms with van der Waals surface area (Å²) in [5, 5.41) is 10.5. The number of carbonyl (C=O) groups is 1. The van der Waals surface area contributed by atoms with Gasteiger partial charge in [-0.1, -0.05) is 13.8 Å². The van der Waals surface area contributed by atoms with Crippen LogP contribution in [0.4, 0.5) is 4.79 Å². The summed E-state index contributed by atoms with van der Waals surface area (Å²) in [4.78, 5) is 13.6. The molecule has 0 aromatic heterocycles. The Morgan fingerprint density at radius 2 is 1.94 bits per heavy atom. The summed E-state index contributed by atoms with van der Waals surface area (Å²) in [6.07, 6.45) is 0.00214. The van der Waals surface area contributed by atoms with Gasteiger partial charge in [0.15, 0.2) is 6.29 Å². The highest BCUT2D eigenvalue weighted by atomic mass is 16.7. The second-order valence-corrected chi connectivity index (χ2v) is 5.19. The number of carbonyl (C=O) groups excluding carboxylic acids is 1. The van der Waals surface area contributed by atoms with Gasteiger partial charge in [0.2, 0.25) is 0 Å². The fraction of sp³-hybridized carbons (Fsp3) is 0.833. The molecule has 2 N–H and O–H groups in total. The molecule has 0 saturated carbocycles. The molecular weight excluding hydrogens is 234 g/mol. The molecule has 0 aromatic rings. The zero-order chi connectivity index (χ0) is 13.9. The van der Waals surface area contributed by atoms with Gasteiger partial charge in [-0.25, -0.2) is 4.79 Å². The highest BCUT2D eigenvalue weighted by Crippen LogP contribution is 2.28. The summed E-state index contributed by atoms with van der Waals surface area (Å²) in [5.74, 6) is 0.539. The van der Waals surface area contributed by atoms with Crippen molar-refractivity contribution >= 4 is 11.9 Å². The molecule has 1 aliphatic rings. The van der Waals surface area contributed by atoms with Crippen molar-refractivity contribution in [1.29, 1.82) is 5.41 Å². The van der Waals surface area contributed by atoms with Crippen LogP contribution >= 0.6 is 0 Å². The van der Waals surface area contributed by atoms with Crippen LogP contribution in [0.3, 0.4) is 0 Å². The van der Waals surface area contributed by atoms with Gasteiger partial charge in [-0.05, 0) is 12.8 Å². The Morgan fingerprint density at radius 1 is 1.39 bits per heavy atom. The summed E-state index contributed by atoms with van der Waals surface area (Å²) in [6.45, 7) is 6.55. The fourth-order valence-corrected chi connectivity index (χ4v) is 2.12. The second kappa shape index (κ2) is 5.67. The minimum absolute atomic E-state index is 0.201. The molecular formula is C12H23N3O3. The Bertz CT molecular complexity index is 329. The van der Waals surface area contributed by atoms with Crippen molar-refractivity contribution < 1.29 is 14.3 Å². The van der Waals surface area contributed by atoms with Gasteiger partial charge in [-0.2, -0.15) is 0 Å². The first-order chi connectivity index (χ1) is 8.35. The molecule has 1 heterocycles. The highest BCUT2D eigenvalue weighted by molar-refractivity contribution is 6.08. The van der Waals surface area contributed by atoms with Gasteiger partial charge in [0, 0.05) is 27.2 Å². The van der Waals surface area contributed by atoms with Crippen LogP contribution < -0.4 is 5.32 Å². The van der Waals surface area contributed by atoms with Crippen molar-refractivity contribution in [2.45, 2.75) is 39.0 Å². The number of hydrogen-bond donors (Lipinski definition) is 2. The predicted octanol–water partition coefficient (Wildman–Crippen LogP) is 1.41. The lowest BCUT2D eigenvalue weighted by molar-refractivity contribution is -0.118. The number of amidine groups is 1. The third-order valence-electron chi connectivity index (χ3n) is 3.25. The van der Waals surface area contributed by atoms with Crippen LogP contribution in [-0.2, 0) is 9.47 Å². The molecule has 6 nitrogen and oxygen atoms in total. The van der Waals surface area contributed by atoms with Crippen molar-refractivity contribution in [2.24, 2.45) is 5.92 Å². The molecule has 6 heteroatoms. The van der Waals surface area contributed by atoms with Crippen LogP contribution in [-0.4, -0.2) is 49.4 Å². The molecule has 0 aromatic carbocycles. The molecule has 0 bridgehead atoms. The first-order valence-electron chi connectivity index (χ1n) is 6.08. The monoisotopic (exact) mass is 257 g/mol. The van der Waals surface area contributed by atoms with E-state index in [9.17, 15) is 4.79 Å². The summed E-state index contributed by atoms with van der Waals surface area (Å²) >= 11 is 0. The van der Waals surface area contributed by atoms with Gasteiger partial charge in [0.1, 0.15) is 11.4 Å². The predicted molar refractivity (Wildman–Crippen MR) is 68.6 cm³/mol. The van der Waals surface area contributed by atoms with E-state index < -0.39 is 11.8 Å². The quantitative estimate of drug-likeness (QED) is 0.706. The number of urea groups is 1. The first kappa shape index (κ1) is 14.9. The summed E-state index contributed by atoms with van der Waals surface area (Å²) < 4.78 is 10.4. The summed E-state index contributed by atoms with van der Waals surface area (Å²) in [5.41, 5.74) is -0.696. The Labute approximate surface area is 108 Å². The number of nitrogens with one attached hydrogen (secondary N) is 2.